The molecule has 0 saturated heterocycles. The molecular formula is C11H12Br2ClNO2S. The van der Waals surface area contributed by atoms with E-state index in [4.69, 9.17) is 11.6 Å². The maximum absolute atomic E-state index is 12.3. The van der Waals surface area contributed by atoms with E-state index in [0.29, 0.717) is 5.33 Å². The molecule has 100 valence electrons. The quantitative estimate of drug-likeness (QED) is 0.760. The summed E-state index contributed by atoms with van der Waals surface area (Å²) in [4.78, 5) is 0.125. The average Bonchev–Trinajstić information content (AvgIpc) is 2.23. The van der Waals surface area contributed by atoms with Gasteiger partial charge in [0.25, 0.3) is 0 Å². The van der Waals surface area contributed by atoms with Gasteiger partial charge in [-0.05, 0) is 37.5 Å². The maximum Gasteiger partial charge on any atom is 0.242 e. The molecule has 1 aliphatic rings. The molecule has 0 spiro atoms. The average molecular weight is 418 g/mol. The molecule has 1 aromatic carbocycles. The zero-order valence-corrected chi connectivity index (χ0v) is 14.2. The van der Waals surface area contributed by atoms with E-state index in [1.807, 2.05) is 0 Å². The molecule has 3 nitrogen and oxygen atoms in total. The zero-order valence-electron chi connectivity index (χ0n) is 9.42. The Balaban J connectivity index is 2.31. The second-order valence-electron chi connectivity index (χ2n) is 4.45. The van der Waals surface area contributed by atoms with Gasteiger partial charge in [-0.3, -0.25) is 0 Å². The van der Waals surface area contributed by atoms with Gasteiger partial charge in [0.15, 0.2) is 0 Å². The normalized spacial score (nSPS) is 18.4. The zero-order chi connectivity index (χ0) is 13.4. The molecule has 1 saturated carbocycles. The number of rotatable bonds is 4. The molecule has 1 fully saturated rings. The van der Waals surface area contributed by atoms with Gasteiger partial charge < -0.3 is 0 Å². The van der Waals surface area contributed by atoms with E-state index in [1.165, 1.54) is 6.07 Å². The SMILES string of the molecule is O=S(=O)(NC1(CBr)CCC1)c1ccc(Br)cc1Cl. The van der Waals surface area contributed by atoms with Crippen LogP contribution in [0.2, 0.25) is 5.02 Å². The van der Waals surface area contributed by atoms with Gasteiger partial charge >= 0.3 is 0 Å². The molecule has 1 aromatic rings. The van der Waals surface area contributed by atoms with Crippen molar-refractivity contribution < 1.29 is 8.42 Å². The molecular weight excluding hydrogens is 405 g/mol. The lowest BCUT2D eigenvalue weighted by molar-refractivity contribution is 0.256. The van der Waals surface area contributed by atoms with Crippen molar-refractivity contribution >= 4 is 53.5 Å². The third kappa shape index (κ3) is 2.93. The second-order valence-corrected chi connectivity index (χ2v) is 7.98. The smallest absolute Gasteiger partial charge is 0.207 e. The van der Waals surface area contributed by atoms with Gasteiger partial charge in [0.2, 0.25) is 10.0 Å². The maximum atomic E-state index is 12.3. The fraction of sp³-hybridized carbons (Fsp3) is 0.455. The predicted molar refractivity (Wildman–Crippen MR) is 79.8 cm³/mol. The van der Waals surface area contributed by atoms with Crippen LogP contribution in [-0.2, 0) is 10.0 Å². The van der Waals surface area contributed by atoms with E-state index in [2.05, 4.69) is 36.6 Å². The fourth-order valence-electron chi connectivity index (χ4n) is 1.90. The van der Waals surface area contributed by atoms with Crippen LogP contribution in [0.3, 0.4) is 0 Å². The Hall–Kier alpha value is 0.380. The standard InChI is InChI=1S/C11H12Br2ClNO2S/c12-7-11(4-1-5-11)15-18(16,17)10-3-2-8(13)6-9(10)14/h2-3,6,15H,1,4-5,7H2. The number of alkyl halides is 1. The summed E-state index contributed by atoms with van der Waals surface area (Å²) in [5.41, 5.74) is -0.352. The molecule has 2 rings (SSSR count). The summed E-state index contributed by atoms with van der Waals surface area (Å²) in [5.74, 6) is 0. The highest BCUT2D eigenvalue weighted by molar-refractivity contribution is 9.10. The van der Waals surface area contributed by atoms with Crippen molar-refractivity contribution in [2.45, 2.75) is 29.7 Å². The minimum absolute atomic E-state index is 0.125. The molecule has 0 unspecified atom stereocenters. The van der Waals surface area contributed by atoms with Crippen molar-refractivity contribution in [3.63, 3.8) is 0 Å². The monoisotopic (exact) mass is 415 g/mol. The Morgan fingerprint density at radius 1 is 1.39 bits per heavy atom. The Morgan fingerprint density at radius 3 is 2.50 bits per heavy atom. The summed E-state index contributed by atoms with van der Waals surface area (Å²) in [5, 5.41) is 0.842. The Kier molecular flexibility index (Phi) is 4.44. The van der Waals surface area contributed by atoms with E-state index in [9.17, 15) is 8.42 Å². The summed E-state index contributed by atoms with van der Waals surface area (Å²) in [7, 11) is -3.57. The van der Waals surface area contributed by atoms with E-state index in [1.54, 1.807) is 12.1 Å². The van der Waals surface area contributed by atoms with E-state index >= 15 is 0 Å². The first kappa shape index (κ1) is 14.8. The minimum Gasteiger partial charge on any atom is -0.207 e. The molecule has 0 heterocycles. The van der Waals surface area contributed by atoms with Crippen molar-refractivity contribution in [3.05, 3.63) is 27.7 Å². The van der Waals surface area contributed by atoms with Gasteiger partial charge in [0.1, 0.15) is 4.90 Å². The molecule has 0 aromatic heterocycles. The molecule has 0 atom stereocenters. The molecule has 1 N–H and O–H groups in total. The van der Waals surface area contributed by atoms with Crippen molar-refractivity contribution in [2.24, 2.45) is 0 Å². The van der Waals surface area contributed by atoms with Crippen molar-refractivity contribution in [1.29, 1.82) is 0 Å². The highest BCUT2D eigenvalue weighted by Gasteiger charge is 2.40. The first-order valence-corrected chi connectivity index (χ1v) is 9.21. The van der Waals surface area contributed by atoms with Crippen LogP contribution < -0.4 is 4.72 Å². The van der Waals surface area contributed by atoms with Crippen LogP contribution in [0.15, 0.2) is 27.6 Å². The van der Waals surface area contributed by atoms with Crippen molar-refractivity contribution in [2.75, 3.05) is 5.33 Å². The highest BCUT2D eigenvalue weighted by Crippen LogP contribution is 2.36. The number of benzene rings is 1. The molecule has 1 aliphatic carbocycles. The van der Waals surface area contributed by atoms with Gasteiger partial charge in [0, 0.05) is 15.3 Å². The van der Waals surface area contributed by atoms with Crippen LogP contribution in [0.4, 0.5) is 0 Å². The third-order valence-electron chi connectivity index (χ3n) is 3.10. The lowest BCUT2D eigenvalue weighted by atomic mass is 9.80. The van der Waals surface area contributed by atoms with Crippen LogP contribution in [0.25, 0.3) is 0 Å². The molecule has 0 aliphatic heterocycles. The Labute approximate surface area is 129 Å². The third-order valence-corrected chi connectivity index (χ3v) is 6.73. The molecule has 7 heteroatoms. The first-order chi connectivity index (χ1) is 8.38. The summed E-state index contributed by atoms with van der Waals surface area (Å²) in [6.07, 6.45) is 2.75. The highest BCUT2D eigenvalue weighted by atomic mass is 79.9. The molecule has 0 bridgehead atoms. The number of nitrogens with one attached hydrogen (secondary N) is 1. The molecule has 18 heavy (non-hydrogen) atoms. The van der Waals surface area contributed by atoms with Crippen LogP contribution in [0.5, 0.6) is 0 Å². The topological polar surface area (TPSA) is 46.2 Å². The van der Waals surface area contributed by atoms with E-state index < -0.39 is 10.0 Å². The van der Waals surface area contributed by atoms with E-state index in [-0.39, 0.29) is 15.5 Å². The van der Waals surface area contributed by atoms with E-state index in [0.717, 1.165) is 23.7 Å². The van der Waals surface area contributed by atoms with Gasteiger partial charge in [-0.1, -0.05) is 43.5 Å². The number of halogens is 3. The second kappa shape index (κ2) is 5.40. The summed E-state index contributed by atoms with van der Waals surface area (Å²) in [6, 6.07) is 4.76. The molecule has 0 amide bonds. The Bertz CT molecular complexity index is 553. The number of sulfonamides is 1. The van der Waals surface area contributed by atoms with Crippen LogP contribution in [0.1, 0.15) is 19.3 Å². The van der Waals surface area contributed by atoms with Crippen molar-refractivity contribution in [1.82, 2.24) is 4.72 Å². The van der Waals surface area contributed by atoms with Crippen LogP contribution >= 0.6 is 43.5 Å². The van der Waals surface area contributed by atoms with Gasteiger partial charge in [-0.15, -0.1) is 0 Å². The number of hydrogen-bond donors (Lipinski definition) is 1. The Morgan fingerprint density at radius 2 is 2.06 bits per heavy atom. The largest absolute Gasteiger partial charge is 0.242 e. The van der Waals surface area contributed by atoms with Crippen molar-refractivity contribution in [3.8, 4) is 0 Å². The number of hydrogen-bond acceptors (Lipinski definition) is 2. The summed E-state index contributed by atoms with van der Waals surface area (Å²) < 4.78 is 28.1. The lowest BCUT2D eigenvalue weighted by Gasteiger charge is -2.40. The minimum atomic E-state index is -3.57. The van der Waals surface area contributed by atoms with Gasteiger partial charge in [-0.2, -0.15) is 0 Å². The van der Waals surface area contributed by atoms with Gasteiger partial charge in [-0.25, -0.2) is 13.1 Å². The fourth-order valence-corrected chi connectivity index (χ4v) is 5.28. The summed E-state index contributed by atoms with van der Waals surface area (Å²) in [6.45, 7) is 0. The van der Waals surface area contributed by atoms with Crippen LogP contribution in [-0.4, -0.2) is 19.3 Å². The lowest BCUT2D eigenvalue weighted by Crippen LogP contribution is -2.54. The summed E-state index contributed by atoms with van der Waals surface area (Å²) >= 11 is 12.6. The predicted octanol–water partition coefficient (Wildman–Crippen LogP) is 3.70. The van der Waals surface area contributed by atoms with Crippen LogP contribution in [0, 0.1) is 0 Å². The molecule has 0 radical (unpaired) electrons. The first-order valence-electron chi connectivity index (χ1n) is 5.44. The van der Waals surface area contributed by atoms with Gasteiger partial charge in [0.05, 0.1) is 5.02 Å².